The smallest absolute Gasteiger partial charge is 0.291 e. The molecule has 1 aromatic carbocycles. The van der Waals surface area contributed by atoms with Crippen LogP contribution in [0, 0.1) is 5.13 Å². The summed E-state index contributed by atoms with van der Waals surface area (Å²) in [5.41, 5.74) is 2.55. The zero-order valence-corrected chi connectivity index (χ0v) is 13.2. The third-order valence-electron chi connectivity index (χ3n) is 2.93. The van der Waals surface area contributed by atoms with Crippen molar-refractivity contribution in [3.8, 4) is 5.75 Å². The van der Waals surface area contributed by atoms with E-state index in [9.17, 15) is 9.18 Å². The molecule has 0 atom stereocenters. The second-order valence-electron chi connectivity index (χ2n) is 4.67. The largest absolute Gasteiger partial charge is 0.471 e. The molecule has 0 aliphatic carbocycles. The topological polar surface area (TPSA) is 68.5 Å². The van der Waals surface area contributed by atoms with Gasteiger partial charge in [0.05, 0.1) is 11.1 Å². The Hall–Kier alpha value is -3.00. The van der Waals surface area contributed by atoms with Gasteiger partial charge in [0.15, 0.2) is 17.6 Å². The Bertz CT molecular complexity index is 845. The van der Waals surface area contributed by atoms with Crippen molar-refractivity contribution in [1.82, 2.24) is 15.2 Å². The molecule has 122 valence electrons. The molecule has 0 saturated carbocycles. The van der Waals surface area contributed by atoms with E-state index in [-0.39, 0.29) is 17.6 Å². The van der Waals surface area contributed by atoms with Crippen LogP contribution in [0.1, 0.15) is 15.4 Å². The van der Waals surface area contributed by atoms with E-state index in [2.05, 4.69) is 15.6 Å². The van der Waals surface area contributed by atoms with Crippen LogP contribution < -0.4 is 10.2 Å². The Morgan fingerprint density at radius 1 is 1.29 bits per heavy atom. The SMILES string of the molecule is O=C(NN=Cc1ccc(F)s1)c1ccn(COc2ccccc2)n1. The molecule has 1 amide bonds. The number of carbonyl (C=O) groups excluding carboxylic acids is 1. The summed E-state index contributed by atoms with van der Waals surface area (Å²) >= 11 is 0.940. The molecular weight excluding hydrogens is 331 g/mol. The van der Waals surface area contributed by atoms with Crippen molar-refractivity contribution in [2.75, 3.05) is 0 Å². The number of para-hydroxylation sites is 1. The highest BCUT2D eigenvalue weighted by Gasteiger charge is 2.08. The van der Waals surface area contributed by atoms with Gasteiger partial charge in [0.1, 0.15) is 5.75 Å². The number of rotatable bonds is 6. The summed E-state index contributed by atoms with van der Waals surface area (Å²) < 4.78 is 19.9. The van der Waals surface area contributed by atoms with Gasteiger partial charge in [-0.05, 0) is 30.3 Å². The average Bonchev–Trinajstić information content (AvgIpc) is 3.23. The molecule has 0 fully saturated rings. The minimum atomic E-state index is -0.457. The lowest BCUT2D eigenvalue weighted by molar-refractivity contribution is 0.0948. The second-order valence-corrected chi connectivity index (χ2v) is 5.73. The van der Waals surface area contributed by atoms with Gasteiger partial charge in [0.25, 0.3) is 5.91 Å². The lowest BCUT2D eigenvalue weighted by Crippen LogP contribution is -2.18. The highest BCUT2D eigenvalue weighted by molar-refractivity contribution is 7.12. The van der Waals surface area contributed by atoms with E-state index in [0.717, 1.165) is 11.3 Å². The number of hydrogen-bond donors (Lipinski definition) is 1. The first kappa shape index (κ1) is 15.9. The first-order valence-corrected chi connectivity index (χ1v) is 7.82. The normalized spacial score (nSPS) is 10.9. The number of aromatic nitrogens is 2. The highest BCUT2D eigenvalue weighted by atomic mass is 32.1. The van der Waals surface area contributed by atoms with Crippen LogP contribution in [0.5, 0.6) is 5.75 Å². The van der Waals surface area contributed by atoms with Crippen LogP contribution in [0.2, 0.25) is 0 Å². The number of nitrogens with zero attached hydrogens (tertiary/aromatic N) is 3. The van der Waals surface area contributed by atoms with Crippen molar-refractivity contribution in [2.45, 2.75) is 6.73 Å². The number of benzene rings is 1. The summed E-state index contributed by atoms with van der Waals surface area (Å²) in [7, 11) is 0. The summed E-state index contributed by atoms with van der Waals surface area (Å²) in [6, 6.07) is 13.8. The second kappa shape index (κ2) is 7.51. The van der Waals surface area contributed by atoms with Crippen molar-refractivity contribution >= 4 is 23.5 Å². The summed E-state index contributed by atoms with van der Waals surface area (Å²) in [5.74, 6) is 0.258. The molecule has 0 bridgehead atoms. The summed E-state index contributed by atoms with van der Waals surface area (Å²) in [6.07, 6.45) is 3.01. The maximum Gasteiger partial charge on any atom is 0.291 e. The zero-order valence-electron chi connectivity index (χ0n) is 12.4. The monoisotopic (exact) mass is 344 g/mol. The molecule has 6 nitrogen and oxygen atoms in total. The molecule has 0 spiro atoms. The van der Waals surface area contributed by atoms with Gasteiger partial charge in [-0.25, -0.2) is 10.1 Å². The maximum absolute atomic E-state index is 12.8. The van der Waals surface area contributed by atoms with E-state index in [1.54, 1.807) is 18.3 Å². The van der Waals surface area contributed by atoms with Crippen LogP contribution in [-0.2, 0) is 6.73 Å². The van der Waals surface area contributed by atoms with Gasteiger partial charge in [-0.2, -0.15) is 14.6 Å². The number of nitrogens with one attached hydrogen (secondary N) is 1. The minimum Gasteiger partial charge on any atom is -0.471 e. The number of halogens is 1. The van der Waals surface area contributed by atoms with Gasteiger partial charge in [-0.1, -0.05) is 18.2 Å². The number of hydrogen-bond acceptors (Lipinski definition) is 5. The number of ether oxygens (including phenoxy) is 1. The zero-order chi connectivity index (χ0) is 16.8. The molecule has 0 aliphatic rings. The van der Waals surface area contributed by atoms with Gasteiger partial charge >= 0.3 is 0 Å². The lowest BCUT2D eigenvalue weighted by Gasteiger charge is -2.05. The fourth-order valence-electron chi connectivity index (χ4n) is 1.82. The number of thiophene rings is 1. The number of amides is 1. The molecule has 0 radical (unpaired) electrons. The molecule has 2 aromatic heterocycles. The first-order chi connectivity index (χ1) is 11.7. The molecule has 8 heteroatoms. The Kier molecular flexibility index (Phi) is 4.97. The third-order valence-corrected chi connectivity index (χ3v) is 3.74. The van der Waals surface area contributed by atoms with E-state index < -0.39 is 5.91 Å². The Labute approximate surface area is 141 Å². The molecule has 0 aliphatic heterocycles. The van der Waals surface area contributed by atoms with Gasteiger partial charge in [-0.3, -0.25) is 4.79 Å². The molecular formula is C16H13FN4O2S. The van der Waals surface area contributed by atoms with E-state index in [0.29, 0.717) is 10.6 Å². The summed E-state index contributed by atoms with van der Waals surface area (Å²) in [6.45, 7) is 0.190. The Morgan fingerprint density at radius 3 is 2.88 bits per heavy atom. The molecule has 3 rings (SSSR count). The average molecular weight is 344 g/mol. The standard InChI is InChI=1S/C16H13FN4O2S/c17-15-7-6-13(24-15)10-18-19-16(22)14-8-9-21(20-14)11-23-12-4-2-1-3-5-12/h1-10H,11H2,(H,19,22). The lowest BCUT2D eigenvalue weighted by atomic mass is 10.3. The van der Waals surface area contributed by atoms with Crippen LogP contribution in [0.3, 0.4) is 0 Å². The van der Waals surface area contributed by atoms with Crippen molar-refractivity contribution in [2.24, 2.45) is 5.10 Å². The predicted molar refractivity (Wildman–Crippen MR) is 88.6 cm³/mol. The quantitative estimate of drug-likeness (QED) is 0.552. The summed E-state index contributed by atoms with van der Waals surface area (Å²) in [5, 5.41) is 7.57. The number of hydrazone groups is 1. The summed E-state index contributed by atoms with van der Waals surface area (Å²) in [4.78, 5) is 12.5. The maximum atomic E-state index is 12.8. The van der Waals surface area contributed by atoms with Crippen LogP contribution in [0.25, 0.3) is 0 Å². The van der Waals surface area contributed by atoms with Gasteiger partial charge in [0, 0.05) is 6.20 Å². The molecule has 24 heavy (non-hydrogen) atoms. The van der Waals surface area contributed by atoms with Gasteiger partial charge in [-0.15, -0.1) is 11.3 Å². The van der Waals surface area contributed by atoms with Crippen LogP contribution >= 0.6 is 11.3 Å². The van der Waals surface area contributed by atoms with E-state index in [1.165, 1.54) is 17.0 Å². The fraction of sp³-hybridized carbons (Fsp3) is 0.0625. The van der Waals surface area contributed by atoms with Gasteiger partial charge < -0.3 is 4.74 Å². The molecule has 3 aromatic rings. The minimum absolute atomic E-state index is 0.190. The number of carbonyl (C=O) groups is 1. The van der Waals surface area contributed by atoms with Crippen molar-refractivity contribution in [1.29, 1.82) is 0 Å². The van der Waals surface area contributed by atoms with E-state index >= 15 is 0 Å². The van der Waals surface area contributed by atoms with Crippen molar-refractivity contribution in [3.05, 3.63) is 70.4 Å². The van der Waals surface area contributed by atoms with Gasteiger partial charge in [0.2, 0.25) is 0 Å². The molecule has 0 unspecified atom stereocenters. The molecule has 1 N–H and O–H groups in total. The predicted octanol–water partition coefficient (Wildman–Crippen LogP) is 2.88. The van der Waals surface area contributed by atoms with Crippen LogP contribution in [0.4, 0.5) is 4.39 Å². The van der Waals surface area contributed by atoms with Crippen LogP contribution in [0.15, 0.2) is 59.8 Å². The van der Waals surface area contributed by atoms with Crippen molar-refractivity contribution < 1.29 is 13.9 Å². The van der Waals surface area contributed by atoms with E-state index in [1.807, 2.05) is 30.3 Å². The van der Waals surface area contributed by atoms with Crippen LogP contribution in [-0.4, -0.2) is 21.9 Å². The Morgan fingerprint density at radius 2 is 2.12 bits per heavy atom. The molecule has 2 heterocycles. The van der Waals surface area contributed by atoms with E-state index in [4.69, 9.17) is 4.74 Å². The highest BCUT2D eigenvalue weighted by Crippen LogP contribution is 2.11. The van der Waals surface area contributed by atoms with Crippen molar-refractivity contribution in [3.63, 3.8) is 0 Å². The third kappa shape index (κ3) is 4.26. The fourth-order valence-corrected chi connectivity index (χ4v) is 2.42. The Balaban J connectivity index is 1.52. The first-order valence-electron chi connectivity index (χ1n) is 7.01. The molecule has 0 saturated heterocycles.